The van der Waals surface area contributed by atoms with E-state index in [4.69, 9.17) is 11.5 Å². The van der Waals surface area contributed by atoms with Crippen molar-refractivity contribution in [3.05, 3.63) is 37.9 Å². The molecule has 116 valence electrons. The first-order valence-electron chi connectivity index (χ1n) is 6.00. The molecular weight excluding hydrogens is 308 g/mol. The normalized spacial score (nSPS) is 12.1. The third-order valence-corrected chi connectivity index (χ3v) is 2.62. The van der Waals surface area contributed by atoms with Crippen LogP contribution < -0.4 is 33.4 Å². The third kappa shape index (κ3) is 2.65. The summed E-state index contributed by atoms with van der Waals surface area (Å²) in [6.07, 6.45) is 1.40. The standard InChI is InChI=1S/C5H3N5O2.C5H5N5O/c6-4-8-2-1(3(11)10-4)7-5(12)9-2;6-5-9-3-2(4(11)10-5)7-1-8-3/h(H3,6,8,9,10,11,12);1H,(H4,6,7,8,9,10,11). The number of amides is 2. The average Bonchev–Trinajstić information content (AvgIpc) is 3.05. The van der Waals surface area contributed by atoms with Gasteiger partial charge >= 0.3 is 6.03 Å². The van der Waals surface area contributed by atoms with Crippen LogP contribution in [0.5, 0.6) is 0 Å². The second kappa shape index (κ2) is 5.14. The summed E-state index contributed by atoms with van der Waals surface area (Å²) in [6.45, 7) is 0. The summed E-state index contributed by atoms with van der Waals surface area (Å²) in [5.41, 5.74) is 10.3. The summed E-state index contributed by atoms with van der Waals surface area (Å²) in [7, 11) is 0. The number of carbonyl (C=O) groups excluding carboxylic acids is 1. The molecule has 13 heteroatoms. The van der Waals surface area contributed by atoms with Gasteiger partial charge in [0, 0.05) is 0 Å². The molecule has 4 rings (SSSR count). The van der Waals surface area contributed by atoms with Crippen LogP contribution in [0.15, 0.2) is 25.9 Å². The first-order chi connectivity index (χ1) is 10.9. The Kier molecular flexibility index (Phi) is 3.14. The molecule has 23 heavy (non-hydrogen) atoms. The summed E-state index contributed by atoms with van der Waals surface area (Å²) in [4.78, 5) is 57.6. The Morgan fingerprint density at radius 1 is 0.913 bits per heavy atom. The van der Waals surface area contributed by atoms with E-state index in [1.165, 1.54) is 6.33 Å². The van der Waals surface area contributed by atoms with Crippen molar-refractivity contribution in [2.75, 3.05) is 11.5 Å². The zero-order valence-corrected chi connectivity index (χ0v) is 11.2. The molecule has 0 bridgehead atoms. The number of urea groups is 1. The van der Waals surface area contributed by atoms with E-state index in [0.29, 0.717) is 11.2 Å². The van der Waals surface area contributed by atoms with Crippen molar-refractivity contribution in [3.63, 3.8) is 0 Å². The van der Waals surface area contributed by atoms with Gasteiger partial charge in [0.2, 0.25) is 11.9 Å². The Morgan fingerprint density at radius 2 is 1.61 bits per heavy atom. The van der Waals surface area contributed by atoms with Crippen molar-refractivity contribution in [2.45, 2.75) is 0 Å². The first-order valence-corrected chi connectivity index (χ1v) is 6.00. The number of fused-ring (bicyclic) bond motifs is 2. The van der Waals surface area contributed by atoms with Gasteiger partial charge in [-0.2, -0.15) is 20.0 Å². The fourth-order valence-corrected chi connectivity index (χ4v) is 1.72. The topological polar surface area (TPSA) is 214 Å². The van der Waals surface area contributed by atoms with Crippen molar-refractivity contribution >= 4 is 29.1 Å². The largest absolute Gasteiger partial charge is 0.370 e. The summed E-state index contributed by atoms with van der Waals surface area (Å²) < 4.78 is 0. The maximum atomic E-state index is 11.0. The van der Waals surface area contributed by atoms with E-state index in [1.54, 1.807) is 0 Å². The van der Waals surface area contributed by atoms with Gasteiger partial charge in [-0.05, 0) is 0 Å². The molecule has 0 unspecified atom stereocenters. The molecule has 0 spiro atoms. The number of aromatic amines is 3. The Labute approximate surface area is 124 Å². The van der Waals surface area contributed by atoms with Crippen LogP contribution in [0.2, 0.25) is 0 Å². The Bertz CT molecular complexity index is 1150. The molecule has 0 radical (unpaired) electrons. The second-order valence-corrected chi connectivity index (χ2v) is 4.18. The lowest BCUT2D eigenvalue weighted by atomic mass is 10.5. The van der Waals surface area contributed by atoms with Gasteiger partial charge in [0.15, 0.2) is 22.0 Å². The van der Waals surface area contributed by atoms with Crippen molar-refractivity contribution in [2.24, 2.45) is 9.98 Å². The molecule has 1 aliphatic rings. The highest BCUT2D eigenvalue weighted by molar-refractivity contribution is 5.77. The van der Waals surface area contributed by atoms with E-state index >= 15 is 0 Å². The highest BCUT2D eigenvalue weighted by atomic mass is 16.2. The molecule has 4 heterocycles. The van der Waals surface area contributed by atoms with Gasteiger partial charge in [0.1, 0.15) is 0 Å². The molecule has 0 saturated carbocycles. The molecule has 0 aliphatic carbocycles. The van der Waals surface area contributed by atoms with Crippen LogP contribution in [-0.4, -0.2) is 35.9 Å². The highest BCUT2D eigenvalue weighted by Crippen LogP contribution is 1.98. The lowest BCUT2D eigenvalue weighted by Crippen LogP contribution is -2.41. The zero-order chi connectivity index (χ0) is 16.6. The number of aromatic nitrogens is 6. The minimum absolute atomic E-state index is 0.0127. The molecule has 0 atom stereocenters. The Morgan fingerprint density at radius 3 is 2.39 bits per heavy atom. The molecule has 1 aliphatic heterocycles. The van der Waals surface area contributed by atoms with E-state index < -0.39 is 11.6 Å². The molecule has 3 aromatic heterocycles. The van der Waals surface area contributed by atoms with Gasteiger partial charge in [0.25, 0.3) is 11.1 Å². The molecule has 3 aromatic rings. The summed E-state index contributed by atoms with van der Waals surface area (Å²) in [5, 5.41) is -0.0748. The van der Waals surface area contributed by atoms with Crippen LogP contribution in [0.3, 0.4) is 0 Å². The summed E-state index contributed by atoms with van der Waals surface area (Å²) in [6, 6.07) is -0.728. The number of hydrogen-bond acceptors (Lipinski definition) is 8. The number of imidazole rings is 1. The van der Waals surface area contributed by atoms with Crippen molar-refractivity contribution < 1.29 is 4.79 Å². The number of carbonyl (C=O) groups is 1. The lowest BCUT2D eigenvalue weighted by molar-refractivity contribution is 0.256. The van der Waals surface area contributed by atoms with Crippen molar-refractivity contribution in [3.8, 4) is 0 Å². The highest BCUT2D eigenvalue weighted by Gasteiger charge is 2.09. The predicted molar refractivity (Wildman–Crippen MR) is 75.9 cm³/mol. The second-order valence-electron chi connectivity index (χ2n) is 4.18. The molecule has 0 fully saturated rings. The monoisotopic (exact) mass is 316 g/mol. The Hall–Kier alpha value is -3.90. The number of hydrogen-bond donors (Lipinski definition) is 5. The zero-order valence-electron chi connectivity index (χ0n) is 11.2. The van der Waals surface area contributed by atoms with Gasteiger partial charge in [-0.1, -0.05) is 0 Å². The van der Waals surface area contributed by atoms with E-state index in [2.05, 4.69) is 39.9 Å². The predicted octanol–water partition coefficient (Wildman–Crippen LogP) is -3.05. The quantitative estimate of drug-likeness (QED) is 0.286. The van der Waals surface area contributed by atoms with Gasteiger partial charge in [-0.25, -0.2) is 9.78 Å². The van der Waals surface area contributed by atoms with Crippen LogP contribution >= 0.6 is 0 Å². The number of nitrogens with two attached hydrogens (primary N) is 2. The van der Waals surface area contributed by atoms with E-state index in [0.717, 1.165) is 0 Å². The molecule has 7 N–H and O–H groups in total. The maximum Gasteiger partial charge on any atom is 0.370 e. The minimum atomic E-state index is -0.728. The van der Waals surface area contributed by atoms with Crippen LogP contribution in [-0.2, 0) is 0 Å². The molecule has 0 saturated heterocycles. The number of H-pyrrole nitrogens is 3. The molecule has 2 amide bonds. The molecule has 13 nitrogen and oxygen atoms in total. The number of nitrogens with zero attached hydrogens (tertiary/aromatic N) is 5. The number of nitrogens with one attached hydrogen (secondary N) is 3. The number of anilines is 2. The first kappa shape index (κ1) is 14.1. The van der Waals surface area contributed by atoms with Gasteiger partial charge in [-0.15, -0.1) is 0 Å². The van der Waals surface area contributed by atoms with Crippen LogP contribution in [0, 0.1) is 0 Å². The summed E-state index contributed by atoms with van der Waals surface area (Å²) in [5.74, 6) is 0.00185. The minimum Gasteiger partial charge on any atom is -0.369 e. The molecular formula is C10H8N10O3. The SMILES string of the molecule is Nc1nc2c(c(=O)[nH]1)=NC(=O)N=2.Nc1nc2nc[nH]c2c(=O)[nH]1. The van der Waals surface area contributed by atoms with Crippen LogP contribution in [0.4, 0.5) is 16.7 Å². The fraction of sp³-hybridized carbons (Fsp3) is 0. The van der Waals surface area contributed by atoms with E-state index in [-0.39, 0.29) is 28.3 Å². The summed E-state index contributed by atoms with van der Waals surface area (Å²) >= 11 is 0. The number of nitrogen functional groups attached to an aromatic ring is 2. The van der Waals surface area contributed by atoms with Crippen molar-refractivity contribution in [1.82, 2.24) is 29.9 Å². The van der Waals surface area contributed by atoms with Gasteiger partial charge in [0.05, 0.1) is 6.33 Å². The fourth-order valence-electron chi connectivity index (χ4n) is 1.72. The average molecular weight is 316 g/mol. The smallest absolute Gasteiger partial charge is 0.369 e. The van der Waals surface area contributed by atoms with Crippen molar-refractivity contribution in [1.29, 1.82) is 0 Å². The van der Waals surface area contributed by atoms with Crippen LogP contribution in [0.1, 0.15) is 0 Å². The lowest BCUT2D eigenvalue weighted by Gasteiger charge is -1.89. The third-order valence-electron chi connectivity index (χ3n) is 2.62. The van der Waals surface area contributed by atoms with E-state index in [1.807, 2.05) is 0 Å². The van der Waals surface area contributed by atoms with E-state index in [9.17, 15) is 14.4 Å². The maximum absolute atomic E-state index is 11.0. The van der Waals surface area contributed by atoms with Gasteiger partial charge < -0.3 is 16.5 Å². The van der Waals surface area contributed by atoms with Crippen LogP contribution in [0.25, 0.3) is 11.2 Å². The van der Waals surface area contributed by atoms with Gasteiger partial charge in [-0.3, -0.25) is 19.6 Å². The number of rotatable bonds is 0. The molecule has 0 aromatic carbocycles. The Balaban J connectivity index is 0.000000136.